The SMILES string of the molecule is CCOC(=O)CSCCOc1ccccc1C. The van der Waals surface area contributed by atoms with Gasteiger partial charge in [0.25, 0.3) is 0 Å². The van der Waals surface area contributed by atoms with Crippen LogP contribution in [0, 0.1) is 6.92 Å². The summed E-state index contributed by atoms with van der Waals surface area (Å²) in [6.45, 7) is 4.87. The van der Waals surface area contributed by atoms with E-state index in [9.17, 15) is 4.79 Å². The Morgan fingerprint density at radius 1 is 1.35 bits per heavy atom. The molecule has 0 radical (unpaired) electrons. The number of rotatable bonds is 7. The number of hydrogen-bond donors (Lipinski definition) is 0. The Hall–Kier alpha value is -1.16. The molecule has 1 aromatic carbocycles. The van der Waals surface area contributed by atoms with Crippen LogP contribution in [0.25, 0.3) is 0 Å². The highest BCUT2D eigenvalue weighted by Crippen LogP contribution is 2.16. The molecule has 0 saturated heterocycles. The minimum absolute atomic E-state index is 0.159. The first-order valence-corrected chi connectivity index (χ1v) is 6.81. The summed E-state index contributed by atoms with van der Waals surface area (Å²) >= 11 is 1.53. The Kier molecular flexibility index (Phi) is 6.55. The predicted molar refractivity (Wildman–Crippen MR) is 70.6 cm³/mol. The van der Waals surface area contributed by atoms with E-state index in [1.54, 1.807) is 0 Å². The number of carbonyl (C=O) groups is 1. The number of carbonyl (C=O) groups excluding carboxylic acids is 1. The molecule has 0 unspecified atom stereocenters. The highest BCUT2D eigenvalue weighted by Gasteiger charge is 2.02. The minimum atomic E-state index is -0.159. The van der Waals surface area contributed by atoms with Crippen LogP contribution in [0.15, 0.2) is 24.3 Å². The summed E-state index contributed by atoms with van der Waals surface area (Å²) in [5.74, 6) is 1.93. The molecule has 0 aliphatic rings. The number of aryl methyl sites for hydroxylation is 1. The van der Waals surface area contributed by atoms with Crippen molar-refractivity contribution < 1.29 is 14.3 Å². The summed E-state index contributed by atoms with van der Waals surface area (Å²) in [4.78, 5) is 11.0. The summed E-state index contributed by atoms with van der Waals surface area (Å²) in [6.07, 6.45) is 0. The maximum absolute atomic E-state index is 11.0. The number of esters is 1. The third-order valence-electron chi connectivity index (χ3n) is 2.10. The van der Waals surface area contributed by atoms with Crippen molar-refractivity contribution in [3.8, 4) is 5.75 Å². The van der Waals surface area contributed by atoms with Gasteiger partial charge >= 0.3 is 5.97 Å². The Morgan fingerprint density at radius 3 is 2.82 bits per heavy atom. The van der Waals surface area contributed by atoms with E-state index in [2.05, 4.69) is 0 Å². The molecule has 1 aromatic rings. The first kappa shape index (κ1) is 13.9. The lowest BCUT2D eigenvalue weighted by molar-refractivity contribution is -0.139. The van der Waals surface area contributed by atoms with Gasteiger partial charge in [0.1, 0.15) is 5.75 Å². The molecule has 94 valence electrons. The molecule has 0 aliphatic carbocycles. The standard InChI is InChI=1S/C13H18O3S/c1-3-15-13(14)10-17-9-8-16-12-7-5-4-6-11(12)2/h4-7H,3,8-10H2,1-2H3. The van der Waals surface area contributed by atoms with Gasteiger partial charge in [0, 0.05) is 5.75 Å². The van der Waals surface area contributed by atoms with Gasteiger partial charge in [-0.25, -0.2) is 0 Å². The summed E-state index contributed by atoms with van der Waals surface area (Å²) in [5, 5.41) is 0. The topological polar surface area (TPSA) is 35.5 Å². The fraction of sp³-hybridized carbons (Fsp3) is 0.462. The predicted octanol–water partition coefficient (Wildman–Crippen LogP) is 2.67. The van der Waals surface area contributed by atoms with E-state index in [4.69, 9.17) is 9.47 Å². The normalized spacial score (nSPS) is 10.0. The van der Waals surface area contributed by atoms with E-state index in [0.29, 0.717) is 19.0 Å². The van der Waals surface area contributed by atoms with E-state index in [-0.39, 0.29) is 5.97 Å². The van der Waals surface area contributed by atoms with Gasteiger partial charge in [0.05, 0.1) is 19.0 Å². The molecule has 0 amide bonds. The lowest BCUT2D eigenvalue weighted by Crippen LogP contribution is -2.09. The molecule has 0 atom stereocenters. The van der Waals surface area contributed by atoms with Crippen molar-refractivity contribution in [3.05, 3.63) is 29.8 Å². The lowest BCUT2D eigenvalue weighted by Gasteiger charge is -2.08. The van der Waals surface area contributed by atoms with Crippen LogP contribution in [-0.2, 0) is 9.53 Å². The smallest absolute Gasteiger partial charge is 0.315 e. The Bertz CT molecular complexity index is 352. The van der Waals surface area contributed by atoms with Crippen LogP contribution in [0.1, 0.15) is 12.5 Å². The van der Waals surface area contributed by atoms with Gasteiger partial charge < -0.3 is 9.47 Å². The third-order valence-corrected chi connectivity index (χ3v) is 3.00. The van der Waals surface area contributed by atoms with Gasteiger partial charge in [-0.3, -0.25) is 4.79 Å². The quantitative estimate of drug-likeness (QED) is 0.553. The van der Waals surface area contributed by atoms with Gasteiger partial charge in [-0.1, -0.05) is 18.2 Å². The fourth-order valence-corrected chi connectivity index (χ4v) is 1.88. The monoisotopic (exact) mass is 254 g/mol. The second-order valence-corrected chi connectivity index (χ2v) is 4.58. The van der Waals surface area contributed by atoms with Gasteiger partial charge in [0.15, 0.2) is 0 Å². The Labute approximate surface area is 106 Å². The molecule has 17 heavy (non-hydrogen) atoms. The number of benzene rings is 1. The maximum atomic E-state index is 11.0. The van der Waals surface area contributed by atoms with Crippen LogP contribution >= 0.6 is 11.8 Å². The van der Waals surface area contributed by atoms with Crippen molar-refractivity contribution in [2.24, 2.45) is 0 Å². The molecule has 0 aliphatic heterocycles. The minimum Gasteiger partial charge on any atom is -0.492 e. The zero-order chi connectivity index (χ0) is 12.5. The largest absolute Gasteiger partial charge is 0.492 e. The molecule has 3 nitrogen and oxygen atoms in total. The lowest BCUT2D eigenvalue weighted by atomic mass is 10.2. The molecule has 0 aromatic heterocycles. The van der Waals surface area contributed by atoms with Crippen LogP contribution in [0.2, 0.25) is 0 Å². The Balaban J connectivity index is 2.13. The van der Waals surface area contributed by atoms with Crippen molar-refractivity contribution in [1.29, 1.82) is 0 Å². The van der Waals surface area contributed by atoms with Crippen molar-refractivity contribution in [2.75, 3.05) is 24.7 Å². The molecule has 0 fully saturated rings. The summed E-state index contributed by atoms with van der Waals surface area (Å²) in [6, 6.07) is 7.90. The number of para-hydroxylation sites is 1. The second-order valence-electron chi connectivity index (χ2n) is 3.47. The summed E-state index contributed by atoms with van der Waals surface area (Å²) in [7, 11) is 0. The van der Waals surface area contributed by atoms with Crippen molar-refractivity contribution >= 4 is 17.7 Å². The van der Waals surface area contributed by atoms with E-state index >= 15 is 0 Å². The molecular formula is C13H18O3S. The molecule has 0 spiro atoms. The van der Waals surface area contributed by atoms with Crippen LogP contribution in [0.3, 0.4) is 0 Å². The van der Waals surface area contributed by atoms with Crippen LogP contribution in [-0.4, -0.2) is 30.7 Å². The highest BCUT2D eigenvalue weighted by atomic mass is 32.2. The van der Waals surface area contributed by atoms with E-state index in [1.807, 2.05) is 38.1 Å². The third kappa shape index (κ3) is 5.63. The van der Waals surface area contributed by atoms with Crippen molar-refractivity contribution in [3.63, 3.8) is 0 Å². The average molecular weight is 254 g/mol. The first-order valence-electron chi connectivity index (χ1n) is 5.66. The fourth-order valence-electron chi connectivity index (χ4n) is 1.29. The highest BCUT2D eigenvalue weighted by molar-refractivity contribution is 7.99. The zero-order valence-electron chi connectivity index (χ0n) is 10.3. The van der Waals surface area contributed by atoms with Crippen LogP contribution < -0.4 is 4.74 Å². The van der Waals surface area contributed by atoms with Crippen molar-refractivity contribution in [1.82, 2.24) is 0 Å². The molecule has 1 rings (SSSR count). The van der Waals surface area contributed by atoms with Crippen LogP contribution in [0.4, 0.5) is 0 Å². The summed E-state index contributed by atoms with van der Waals surface area (Å²) in [5.41, 5.74) is 1.13. The second kappa shape index (κ2) is 8.01. The maximum Gasteiger partial charge on any atom is 0.315 e. The van der Waals surface area contributed by atoms with Gasteiger partial charge in [0.2, 0.25) is 0 Å². The first-order chi connectivity index (χ1) is 8.24. The molecular weight excluding hydrogens is 236 g/mol. The molecule has 0 saturated carbocycles. The average Bonchev–Trinajstić information content (AvgIpc) is 2.31. The van der Waals surface area contributed by atoms with Gasteiger partial charge in [-0.2, -0.15) is 0 Å². The number of hydrogen-bond acceptors (Lipinski definition) is 4. The van der Waals surface area contributed by atoms with E-state index < -0.39 is 0 Å². The summed E-state index contributed by atoms with van der Waals surface area (Å²) < 4.78 is 10.4. The molecule has 4 heteroatoms. The number of ether oxygens (including phenoxy) is 2. The molecule has 0 heterocycles. The number of thioether (sulfide) groups is 1. The van der Waals surface area contributed by atoms with Gasteiger partial charge in [-0.05, 0) is 25.5 Å². The van der Waals surface area contributed by atoms with Crippen LogP contribution in [0.5, 0.6) is 5.75 Å². The van der Waals surface area contributed by atoms with E-state index in [1.165, 1.54) is 11.8 Å². The molecule has 0 bridgehead atoms. The van der Waals surface area contributed by atoms with Gasteiger partial charge in [-0.15, -0.1) is 11.8 Å². The Morgan fingerprint density at radius 2 is 2.12 bits per heavy atom. The molecule has 0 N–H and O–H groups in total. The zero-order valence-corrected chi connectivity index (χ0v) is 11.1. The van der Waals surface area contributed by atoms with E-state index in [0.717, 1.165) is 17.1 Å². The van der Waals surface area contributed by atoms with Crippen molar-refractivity contribution in [2.45, 2.75) is 13.8 Å².